The van der Waals surface area contributed by atoms with Gasteiger partial charge in [0.15, 0.2) is 11.5 Å². The summed E-state index contributed by atoms with van der Waals surface area (Å²) in [6.45, 7) is 1.67. The zero-order chi connectivity index (χ0) is 22.4. The second kappa shape index (κ2) is 10.3. The fraction of sp³-hybridized carbons (Fsp3) is 0.417. The second-order valence-corrected chi connectivity index (χ2v) is 9.16. The van der Waals surface area contributed by atoms with Crippen LogP contribution in [-0.2, 0) is 15.0 Å². The summed E-state index contributed by atoms with van der Waals surface area (Å²) < 4.78 is 24.3. The van der Waals surface area contributed by atoms with Gasteiger partial charge in [0.05, 0.1) is 11.5 Å². The van der Waals surface area contributed by atoms with E-state index in [0.29, 0.717) is 25.4 Å². The number of rotatable bonds is 8. The molecule has 170 valence electrons. The molecule has 1 aliphatic heterocycles. The van der Waals surface area contributed by atoms with Crippen LogP contribution in [0.4, 0.5) is 10.1 Å². The summed E-state index contributed by atoms with van der Waals surface area (Å²) in [5.74, 6) is 1.23. The topological polar surface area (TPSA) is 76.7 Å². The van der Waals surface area contributed by atoms with Gasteiger partial charge in [-0.2, -0.15) is 0 Å². The third-order valence-corrected chi connectivity index (χ3v) is 6.87. The van der Waals surface area contributed by atoms with Gasteiger partial charge in [0, 0.05) is 17.6 Å². The molecule has 1 heterocycles. The van der Waals surface area contributed by atoms with Crippen LogP contribution >= 0.6 is 11.8 Å². The van der Waals surface area contributed by atoms with Crippen LogP contribution in [0.15, 0.2) is 42.5 Å². The van der Waals surface area contributed by atoms with E-state index in [9.17, 15) is 14.0 Å². The number of carbonyl (C=O) groups is 2. The van der Waals surface area contributed by atoms with E-state index >= 15 is 0 Å². The van der Waals surface area contributed by atoms with Crippen molar-refractivity contribution < 1.29 is 23.5 Å². The summed E-state index contributed by atoms with van der Waals surface area (Å²) in [6, 6.07) is 11.7. The highest BCUT2D eigenvalue weighted by molar-refractivity contribution is 8.00. The summed E-state index contributed by atoms with van der Waals surface area (Å²) in [5.41, 5.74) is 1.60. The first-order chi connectivity index (χ1) is 15.5. The first kappa shape index (κ1) is 22.5. The Morgan fingerprint density at radius 2 is 1.62 bits per heavy atom. The Kier molecular flexibility index (Phi) is 7.19. The molecule has 1 saturated carbocycles. The maximum Gasteiger partial charge on any atom is 0.234 e. The van der Waals surface area contributed by atoms with Crippen molar-refractivity contribution in [1.29, 1.82) is 0 Å². The molecule has 0 radical (unpaired) electrons. The standard InChI is InChI=1S/C24H27FN2O4S/c25-18-4-6-19(7-5-18)27-23(29)15-32-14-22(28)26-16-24(9-1-2-10-24)17-3-8-20-21(13-17)31-12-11-30-20/h3-8,13H,1-2,9-12,14-16H2,(H,26,28)(H,27,29). The molecule has 2 aliphatic rings. The largest absolute Gasteiger partial charge is 0.486 e. The Bertz CT molecular complexity index is 961. The number of anilines is 1. The quantitative estimate of drug-likeness (QED) is 0.628. The molecule has 1 fully saturated rings. The highest BCUT2D eigenvalue weighted by Crippen LogP contribution is 2.43. The average Bonchev–Trinajstić information content (AvgIpc) is 3.29. The van der Waals surface area contributed by atoms with Crippen LogP contribution < -0.4 is 20.1 Å². The van der Waals surface area contributed by atoms with E-state index in [2.05, 4.69) is 22.8 Å². The van der Waals surface area contributed by atoms with E-state index in [0.717, 1.165) is 37.2 Å². The van der Waals surface area contributed by atoms with Crippen molar-refractivity contribution in [3.05, 3.63) is 53.8 Å². The Balaban J connectivity index is 1.26. The van der Waals surface area contributed by atoms with Crippen LogP contribution in [0.2, 0.25) is 0 Å². The molecule has 6 nitrogen and oxygen atoms in total. The monoisotopic (exact) mass is 458 g/mol. The van der Waals surface area contributed by atoms with Crippen LogP contribution in [0, 0.1) is 5.82 Å². The second-order valence-electron chi connectivity index (χ2n) is 8.17. The van der Waals surface area contributed by atoms with Gasteiger partial charge in [-0.3, -0.25) is 9.59 Å². The molecule has 2 aromatic rings. The zero-order valence-corrected chi connectivity index (χ0v) is 18.6. The number of carbonyl (C=O) groups excluding carboxylic acids is 2. The molecule has 0 atom stereocenters. The maximum atomic E-state index is 12.9. The van der Waals surface area contributed by atoms with Crippen LogP contribution in [0.5, 0.6) is 11.5 Å². The Morgan fingerprint density at radius 3 is 2.38 bits per heavy atom. The van der Waals surface area contributed by atoms with Crippen molar-refractivity contribution in [1.82, 2.24) is 5.32 Å². The van der Waals surface area contributed by atoms with Gasteiger partial charge < -0.3 is 20.1 Å². The summed E-state index contributed by atoms with van der Waals surface area (Å²) in [5, 5.41) is 5.76. The first-order valence-corrected chi connectivity index (χ1v) is 12.0. The molecule has 0 bridgehead atoms. The average molecular weight is 459 g/mol. The lowest BCUT2D eigenvalue weighted by molar-refractivity contribution is -0.118. The highest BCUT2D eigenvalue weighted by Gasteiger charge is 2.36. The van der Waals surface area contributed by atoms with Crippen molar-refractivity contribution >= 4 is 29.3 Å². The smallest absolute Gasteiger partial charge is 0.234 e. The van der Waals surface area contributed by atoms with Crippen LogP contribution in [-0.4, -0.2) is 43.1 Å². The van der Waals surface area contributed by atoms with Gasteiger partial charge in [-0.15, -0.1) is 11.8 Å². The summed E-state index contributed by atoms with van der Waals surface area (Å²) >= 11 is 1.25. The molecule has 0 unspecified atom stereocenters. The van der Waals surface area contributed by atoms with Gasteiger partial charge in [-0.25, -0.2) is 4.39 Å². The zero-order valence-electron chi connectivity index (χ0n) is 17.8. The minimum atomic E-state index is -0.356. The molecule has 8 heteroatoms. The molecule has 32 heavy (non-hydrogen) atoms. The van der Waals surface area contributed by atoms with Gasteiger partial charge in [0.1, 0.15) is 19.0 Å². The van der Waals surface area contributed by atoms with Crippen LogP contribution in [0.3, 0.4) is 0 Å². The number of fused-ring (bicyclic) bond motifs is 1. The van der Waals surface area contributed by atoms with E-state index in [4.69, 9.17) is 9.47 Å². The van der Waals surface area contributed by atoms with Gasteiger partial charge in [0.2, 0.25) is 11.8 Å². The number of ether oxygens (including phenoxy) is 2. The Hall–Kier alpha value is -2.74. The molecule has 0 spiro atoms. The fourth-order valence-corrected chi connectivity index (χ4v) is 4.93. The molecule has 4 rings (SSSR count). The van der Waals surface area contributed by atoms with Crippen molar-refractivity contribution in [2.24, 2.45) is 0 Å². The first-order valence-electron chi connectivity index (χ1n) is 10.8. The summed E-state index contributed by atoms with van der Waals surface area (Å²) in [4.78, 5) is 24.5. The predicted molar refractivity (Wildman–Crippen MR) is 123 cm³/mol. The summed E-state index contributed by atoms with van der Waals surface area (Å²) in [6.07, 6.45) is 4.28. The lowest BCUT2D eigenvalue weighted by Crippen LogP contribution is -2.40. The maximum absolute atomic E-state index is 12.9. The van der Waals surface area contributed by atoms with E-state index in [1.165, 1.54) is 41.6 Å². The lowest BCUT2D eigenvalue weighted by atomic mass is 9.78. The minimum absolute atomic E-state index is 0.0894. The fourth-order valence-electron chi connectivity index (χ4n) is 4.28. The number of hydrogen-bond acceptors (Lipinski definition) is 5. The van der Waals surface area contributed by atoms with Crippen molar-refractivity contribution in [2.75, 3.05) is 36.6 Å². The number of nitrogens with one attached hydrogen (secondary N) is 2. The van der Waals surface area contributed by atoms with E-state index in [1.807, 2.05) is 6.07 Å². The minimum Gasteiger partial charge on any atom is -0.486 e. The number of halogens is 1. The molecule has 2 aromatic carbocycles. The molecule has 2 amide bonds. The van der Waals surface area contributed by atoms with Crippen molar-refractivity contribution in [2.45, 2.75) is 31.1 Å². The Labute approximate surface area is 191 Å². The van der Waals surface area contributed by atoms with Crippen LogP contribution in [0.1, 0.15) is 31.2 Å². The molecule has 2 N–H and O–H groups in total. The van der Waals surface area contributed by atoms with Gasteiger partial charge in [0.25, 0.3) is 0 Å². The number of amides is 2. The predicted octanol–water partition coefficient (Wildman–Crippen LogP) is 3.90. The number of benzene rings is 2. The SMILES string of the molecule is O=C(CSCC(=O)Nc1ccc(F)cc1)NCC1(c2ccc3c(c2)OCCO3)CCCC1. The highest BCUT2D eigenvalue weighted by atomic mass is 32.2. The van der Waals surface area contributed by atoms with E-state index < -0.39 is 0 Å². The molecule has 0 saturated heterocycles. The molecule has 0 aromatic heterocycles. The number of hydrogen-bond donors (Lipinski definition) is 2. The Morgan fingerprint density at radius 1 is 0.938 bits per heavy atom. The van der Waals surface area contributed by atoms with E-state index in [-0.39, 0.29) is 34.6 Å². The van der Waals surface area contributed by atoms with Crippen molar-refractivity contribution in [3.63, 3.8) is 0 Å². The van der Waals surface area contributed by atoms with Gasteiger partial charge in [-0.05, 0) is 54.8 Å². The van der Waals surface area contributed by atoms with E-state index in [1.54, 1.807) is 0 Å². The normalized spacial score (nSPS) is 16.4. The van der Waals surface area contributed by atoms with Gasteiger partial charge in [-0.1, -0.05) is 18.9 Å². The number of thioether (sulfide) groups is 1. The molecular formula is C24H27FN2O4S. The molecular weight excluding hydrogens is 431 g/mol. The van der Waals surface area contributed by atoms with Gasteiger partial charge >= 0.3 is 0 Å². The molecule has 1 aliphatic carbocycles. The third kappa shape index (κ3) is 5.54. The van der Waals surface area contributed by atoms with Crippen molar-refractivity contribution in [3.8, 4) is 11.5 Å². The lowest BCUT2D eigenvalue weighted by Gasteiger charge is -2.31. The third-order valence-electron chi connectivity index (χ3n) is 5.93. The van der Waals surface area contributed by atoms with Crippen LogP contribution in [0.25, 0.3) is 0 Å². The summed E-state index contributed by atoms with van der Waals surface area (Å²) in [7, 11) is 0.